The highest BCUT2D eigenvalue weighted by Gasteiger charge is 2.31. The highest BCUT2D eigenvalue weighted by molar-refractivity contribution is 5.92. The first-order valence-electron chi connectivity index (χ1n) is 9.25. The largest absolute Gasteiger partial charge is 0.466 e. The number of methoxy groups -OCH3 is 1. The summed E-state index contributed by atoms with van der Waals surface area (Å²) in [5, 5.41) is 0. The van der Waals surface area contributed by atoms with Crippen LogP contribution in [-0.4, -0.2) is 18.9 Å². The van der Waals surface area contributed by atoms with E-state index in [9.17, 15) is 27.2 Å². The molecule has 0 aliphatic heterocycles. The van der Waals surface area contributed by atoms with E-state index in [0.29, 0.717) is 23.6 Å². The van der Waals surface area contributed by atoms with E-state index in [1.54, 1.807) is 13.0 Å². The maximum Gasteiger partial charge on any atom is 0.416 e. The van der Waals surface area contributed by atoms with Crippen molar-refractivity contribution in [1.29, 1.82) is 0 Å². The SMILES string of the molecule is COC(=O)/C=C(C)\C=C\C1C(/C=C/c2cc(C(F)(F)F)ccc2F)=CC(=O)CC1C. The molecule has 0 bridgehead atoms. The second-order valence-electron chi connectivity index (χ2n) is 7.16. The first kappa shape index (κ1) is 23.3. The molecule has 0 fully saturated rings. The number of alkyl halides is 3. The highest BCUT2D eigenvalue weighted by atomic mass is 19.4. The lowest BCUT2D eigenvalue weighted by atomic mass is 9.78. The third-order valence-corrected chi connectivity index (χ3v) is 4.74. The minimum atomic E-state index is -4.58. The molecule has 1 aromatic rings. The van der Waals surface area contributed by atoms with Crippen LogP contribution in [0, 0.1) is 17.7 Å². The Bertz CT molecular complexity index is 936. The van der Waals surface area contributed by atoms with Crippen molar-refractivity contribution in [3.05, 3.63) is 76.7 Å². The molecule has 0 aromatic heterocycles. The molecule has 1 aromatic carbocycles. The molecule has 2 rings (SSSR count). The number of allylic oxidation sites excluding steroid dienone is 6. The summed E-state index contributed by atoms with van der Waals surface area (Å²) in [5.74, 6) is -1.71. The maximum absolute atomic E-state index is 14.0. The second kappa shape index (κ2) is 9.69. The van der Waals surface area contributed by atoms with E-state index < -0.39 is 23.5 Å². The van der Waals surface area contributed by atoms with Gasteiger partial charge in [-0.2, -0.15) is 13.2 Å². The van der Waals surface area contributed by atoms with Crippen LogP contribution in [0.4, 0.5) is 17.6 Å². The first-order valence-corrected chi connectivity index (χ1v) is 9.25. The lowest BCUT2D eigenvalue weighted by Crippen LogP contribution is -2.20. The number of hydrogen-bond donors (Lipinski definition) is 0. The van der Waals surface area contributed by atoms with Gasteiger partial charge in [0.05, 0.1) is 12.7 Å². The van der Waals surface area contributed by atoms with Gasteiger partial charge in [0.25, 0.3) is 0 Å². The van der Waals surface area contributed by atoms with Gasteiger partial charge in [0.15, 0.2) is 5.78 Å². The molecule has 0 saturated carbocycles. The number of ketones is 1. The Morgan fingerprint density at radius 1 is 1.23 bits per heavy atom. The minimum Gasteiger partial charge on any atom is -0.466 e. The molecule has 0 N–H and O–H groups in total. The van der Waals surface area contributed by atoms with Crippen LogP contribution < -0.4 is 0 Å². The smallest absolute Gasteiger partial charge is 0.416 e. The second-order valence-corrected chi connectivity index (χ2v) is 7.16. The van der Waals surface area contributed by atoms with E-state index in [-0.39, 0.29) is 23.2 Å². The molecule has 30 heavy (non-hydrogen) atoms. The van der Waals surface area contributed by atoms with Gasteiger partial charge >= 0.3 is 12.1 Å². The summed E-state index contributed by atoms with van der Waals surface area (Å²) in [6.45, 7) is 3.58. The number of esters is 1. The Morgan fingerprint density at radius 2 is 1.93 bits per heavy atom. The molecule has 0 saturated heterocycles. The van der Waals surface area contributed by atoms with E-state index in [2.05, 4.69) is 4.74 Å². The monoisotopic (exact) mass is 422 g/mol. The number of carbonyl (C=O) groups excluding carboxylic acids is 2. The maximum atomic E-state index is 14.0. The Hall–Kier alpha value is -2.96. The molecule has 7 heteroatoms. The first-order chi connectivity index (χ1) is 14.0. The quantitative estimate of drug-likeness (QED) is 0.265. The molecule has 160 valence electrons. The van der Waals surface area contributed by atoms with Crippen molar-refractivity contribution in [2.45, 2.75) is 26.4 Å². The van der Waals surface area contributed by atoms with Gasteiger partial charge in [-0.15, -0.1) is 0 Å². The van der Waals surface area contributed by atoms with E-state index in [4.69, 9.17) is 0 Å². The van der Waals surface area contributed by atoms with Crippen LogP contribution in [0.1, 0.15) is 31.4 Å². The van der Waals surface area contributed by atoms with Gasteiger partial charge in [-0.05, 0) is 48.3 Å². The topological polar surface area (TPSA) is 43.4 Å². The molecule has 2 atom stereocenters. The number of hydrogen-bond acceptors (Lipinski definition) is 3. The van der Waals surface area contributed by atoms with E-state index >= 15 is 0 Å². The molecular weight excluding hydrogens is 400 g/mol. The Morgan fingerprint density at radius 3 is 2.57 bits per heavy atom. The van der Waals surface area contributed by atoms with E-state index in [0.717, 1.165) is 12.1 Å². The predicted octanol–water partition coefficient (Wildman–Crippen LogP) is 5.68. The summed E-state index contributed by atoms with van der Waals surface area (Å²) in [6.07, 6.45) is 4.66. The van der Waals surface area contributed by atoms with Crippen molar-refractivity contribution < 1.29 is 31.9 Å². The van der Waals surface area contributed by atoms with Gasteiger partial charge in [0.2, 0.25) is 0 Å². The van der Waals surface area contributed by atoms with Crippen LogP contribution in [0.3, 0.4) is 0 Å². The Balaban J connectivity index is 2.34. The zero-order valence-electron chi connectivity index (χ0n) is 16.8. The van der Waals surface area contributed by atoms with Crippen molar-refractivity contribution in [3.63, 3.8) is 0 Å². The van der Waals surface area contributed by atoms with Crippen molar-refractivity contribution in [1.82, 2.24) is 0 Å². The fourth-order valence-corrected chi connectivity index (χ4v) is 3.16. The molecule has 0 amide bonds. The summed E-state index contributed by atoms with van der Waals surface area (Å²) in [6, 6.07) is 2.18. The van der Waals surface area contributed by atoms with Crippen molar-refractivity contribution in [3.8, 4) is 0 Å². The average Bonchev–Trinajstić information content (AvgIpc) is 2.65. The summed E-state index contributed by atoms with van der Waals surface area (Å²) in [7, 11) is 1.27. The van der Waals surface area contributed by atoms with Crippen LogP contribution in [-0.2, 0) is 20.5 Å². The number of benzene rings is 1. The van der Waals surface area contributed by atoms with Crippen LogP contribution in [0.5, 0.6) is 0 Å². The number of halogens is 4. The van der Waals surface area contributed by atoms with Gasteiger partial charge in [0, 0.05) is 24.0 Å². The van der Waals surface area contributed by atoms with E-state index in [1.807, 2.05) is 13.0 Å². The third kappa shape index (κ3) is 6.27. The van der Waals surface area contributed by atoms with Gasteiger partial charge in [-0.25, -0.2) is 9.18 Å². The number of carbonyl (C=O) groups is 2. The fraction of sp³-hybridized carbons (Fsp3) is 0.304. The van der Waals surface area contributed by atoms with E-state index in [1.165, 1.54) is 31.4 Å². The molecule has 0 radical (unpaired) electrons. The van der Waals surface area contributed by atoms with Crippen molar-refractivity contribution >= 4 is 17.8 Å². The summed E-state index contributed by atoms with van der Waals surface area (Å²) >= 11 is 0. The van der Waals surface area contributed by atoms with Crippen LogP contribution >= 0.6 is 0 Å². The van der Waals surface area contributed by atoms with Crippen LogP contribution in [0.15, 0.2) is 59.7 Å². The molecule has 3 nitrogen and oxygen atoms in total. The van der Waals surface area contributed by atoms with Gasteiger partial charge in [0.1, 0.15) is 5.82 Å². The standard InChI is InChI=1S/C23H22F4O3/c1-14(10-22(29)30-3)4-8-20-15(2)11-19(28)13-16(20)5-6-17-12-18(23(25,26)27)7-9-21(17)24/h4-10,12-13,15,20H,11H2,1-3H3/b6-5+,8-4+,14-10-. The predicted molar refractivity (Wildman–Crippen MR) is 106 cm³/mol. The number of ether oxygens (including phenoxy) is 1. The molecule has 0 heterocycles. The van der Waals surface area contributed by atoms with Crippen LogP contribution in [0.2, 0.25) is 0 Å². The molecule has 0 spiro atoms. The van der Waals surface area contributed by atoms with Crippen LogP contribution in [0.25, 0.3) is 6.08 Å². The summed E-state index contributed by atoms with van der Waals surface area (Å²) < 4.78 is 57.3. The number of rotatable bonds is 5. The molecule has 1 aliphatic rings. The Labute approximate surface area is 172 Å². The summed E-state index contributed by atoms with van der Waals surface area (Å²) in [4.78, 5) is 23.3. The van der Waals surface area contributed by atoms with Gasteiger partial charge in [-0.3, -0.25) is 4.79 Å². The minimum absolute atomic E-state index is 0.0734. The zero-order chi connectivity index (χ0) is 22.5. The van der Waals surface area contributed by atoms with Gasteiger partial charge in [-0.1, -0.05) is 31.2 Å². The molecule has 2 unspecified atom stereocenters. The zero-order valence-corrected chi connectivity index (χ0v) is 16.8. The van der Waals surface area contributed by atoms with Crippen molar-refractivity contribution in [2.24, 2.45) is 11.8 Å². The Kier molecular flexibility index (Phi) is 7.54. The summed E-state index contributed by atoms with van der Waals surface area (Å²) in [5.41, 5.74) is 0.0161. The molecular formula is C23H22F4O3. The normalized spacial score (nSPS) is 20.7. The molecule has 1 aliphatic carbocycles. The van der Waals surface area contributed by atoms with Gasteiger partial charge < -0.3 is 4.74 Å². The average molecular weight is 422 g/mol. The van der Waals surface area contributed by atoms with Crippen molar-refractivity contribution in [2.75, 3.05) is 7.11 Å². The lowest BCUT2D eigenvalue weighted by Gasteiger charge is -2.25. The fourth-order valence-electron chi connectivity index (χ4n) is 3.16. The lowest BCUT2D eigenvalue weighted by molar-refractivity contribution is -0.137. The highest BCUT2D eigenvalue weighted by Crippen LogP contribution is 2.33. The third-order valence-electron chi connectivity index (χ3n) is 4.74.